The largest absolute Gasteiger partial charge is 0.504 e. The molecule has 2 heterocycles. The maximum absolute atomic E-state index is 11.3. The normalized spacial score (nSPS) is 13.6. The van der Waals surface area contributed by atoms with Gasteiger partial charge >= 0.3 is 0 Å². The number of hydrogen-bond donors (Lipinski definition) is 3. The molecule has 35 heavy (non-hydrogen) atoms. The Bertz CT molecular complexity index is 1200. The molecule has 1 fully saturated rings. The summed E-state index contributed by atoms with van der Waals surface area (Å²) in [6.45, 7) is 3.65. The van der Waals surface area contributed by atoms with Crippen molar-refractivity contribution in [2.24, 2.45) is 5.10 Å². The monoisotopic (exact) mass is 478 g/mol. The van der Waals surface area contributed by atoms with E-state index in [9.17, 15) is 15.2 Å². The number of phenolic OH excluding ortho intramolecular Hbond substituents is 1. The Labute approximate surface area is 201 Å². The summed E-state index contributed by atoms with van der Waals surface area (Å²) in [6, 6.07) is 11.9. The molecule has 0 bridgehead atoms. The van der Waals surface area contributed by atoms with Crippen LogP contribution >= 0.6 is 0 Å². The predicted octanol–water partition coefficient (Wildman–Crippen LogP) is 4.06. The van der Waals surface area contributed by atoms with Crippen LogP contribution in [0, 0.1) is 10.1 Å². The fraction of sp³-hybridized carbons (Fsp3) is 0.304. The van der Waals surface area contributed by atoms with Crippen molar-refractivity contribution in [3.05, 3.63) is 58.1 Å². The van der Waals surface area contributed by atoms with Crippen LogP contribution in [0.5, 0.6) is 11.5 Å². The van der Waals surface area contributed by atoms with Gasteiger partial charge in [0.05, 0.1) is 23.8 Å². The van der Waals surface area contributed by atoms with Crippen molar-refractivity contribution in [1.29, 1.82) is 0 Å². The van der Waals surface area contributed by atoms with Gasteiger partial charge in [0.15, 0.2) is 11.5 Å². The first kappa shape index (κ1) is 23.7. The molecule has 1 aliphatic heterocycles. The number of nitrogens with one attached hydrogen (secondary N) is 2. The number of anilines is 4. The van der Waals surface area contributed by atoms with Gasteiger partial charge in [0.25, 0.3) is 5.69 Å². The Morgan fingerprint density at radius 1 is 1.14 bits per heavy atom. The van der Waals surface area contributed by atoms with Gasteiger partial charge in [0, 0.05) is 30.4 Å². The number of phenols is 1. The van der Waals surface area contributed by atoms with Crippen LogP contribution in [0.25, 0.3) is 0 Å². The van der Waals surface area contributed by atoms with E-state index in [2.05, 4.69) is 35.7 Å². The maximum Gasteiger partial charge on any atom is 0.274 e. The molecule has 1 aliphatic rings. The minimum absolute atomic E-state index is 0.00467. The number of ether oxygens (including phenoxy) is 1. The molecule has 0 aliphatic carbocycles. The van der Waals surface area contributed by atoms with Crippen molar-refractivity contribution in [3.8, 4) is 11.5 Å². The number of non-ortho nitro benzene ring substituents is 1. The average molecular weight is 479 g/mol. The summed E-state index contributed by atoms with van der Waals surface area (Å²) in [5.41, 5.74) is 3.45. The van der Waals surface area contributed by atoms with E-state index in [0.717, 1.165) is 31.6 Å². The molecule has 0 unspecified atom stereocenters. The number of hydrazone groups is 1. The number of benzene rings is 2. The number of nitro benzene ring substituents is 1. The second-order valence-electron chi connectivity index (χ2n) is 7.76. The third-order valence-electron chi connectivity index (χ3n) is 5.26. The molecule has 182 valence electrons. The molecular weight excluding hydrogens is 452 g/mol. The third kappa shape index (κ3) is 6.10. The van der Waals surface area contributed by atoms with Crippen LogP contribution in [0.15, 0.2) is 47.6 Å². The van der Waals surface area contributed by atoms with Gasteiger partial charge in [-0.15, -0.1) is 0 Å². The van der Waals surface area contributed by atoms with E-state index in [4.69, 9.17) is 4.74 Å². The van der Waals surface area contributed by atoms with Gasteiger partial charge in [-0.3, -0.25) is 10.1 Å². The van der Waals surface area contributed by atoms with Crippen LogP contribution in [0.4, 0.5) is 29.2 Å². The maximum atomic E-state index is 11.3. The van der Waals surface area contributed by atoms with Crippen LogP contribution in [0.2, 0.25) is 0 Å². The summed E-state index contributed by atoms with van der Waals surface area (Å²) in [6.07, 6.45) is 4.53. The summed E-state index contributed by atoms with van der Waals surface area (Å²) < 4.78 is 5.30. The summed E-state index contributed by atoms with van der Waals surface area (Å²) in [4.78, 5) is 26.2. The Morgan fingerprint density at radius 3 is 2.60 bits per heavy atom. The number of aromatic hydroxyl groups is 1. The van der Waals surface area contributed by atoms with Crippen LogP contribution in [-0.2, 0) is 0 Å². The second kappa shape index (κ2) is 11.1. The highest BCUT2D eigenvalue weighted by Crippen LogP contribution is 2.34. The number of nitrogens with zero attached hydrogens (tertiary/aromatic N) is 6. The lowest BCUT2D eigenvalue weighted by atomic mass is 10.1. The summed E-state index contributed by atoms with van der Waals surface area (Å²) in [5.74, 6) is 0.809. The van der Waals surface area contributed by atoms with Gasteiger partial charge in [-0.05, 0) is 38.3 Å². The molecular formula is C23H26N8O4. The van der Waals surface area contributed by atoms with E-state index >= 15 is 0 Å². The van der Waals surface area contributed by atoms with Crippen molar-refractivity contribution >= 4 is 35.4 Å². The molecule has 0 atom stereocenters. The lowest BCUT2D eigenvalue weighted by molar-refractivity contribution is -0.385. The molecule has 1 saturated heterocycles. The smallest absolute Gasteiger partial charge is 0.274 e. The zero-order chi connectivity index (χ0) is 24.6. The minimum atomic E-state index is -0.564. The summed E-state index contributed by atoms with van der Waals surface area (Å²) in [7, 11) is 0. The zero-order valence-electron chi connectivity index (χ0n) is 19.2. The highest BCUT2D eigenvalue weighted by molar-refractivity contribution is 5.86. The lowest BCUT2D eigenvalue weighted by Crippen LogP contribution is -2.31. The topological polar surface area (TPSA) is 151 Å². The van der Waals surface area contributed by atoms with Gasteiger partial charge in [0.1, 0.15) is 0 Å². The first-order valence-electron chi connectivity index (χ1n) is 11.3. The van der Waals surface area contributed by atoms with E-state index in [1.54, 1.807) is 6.92 Å². The van der Waals surface area contributed by atoms with Crippen molar-refractivity contribution in [3.63, 3.8) is 0 Å². The van der Waals surface area contributed by atoms with Crippen LogP contribution in [0.1, 0.15) is 31.7 Å². The lowest BCUT2D eigenvalue weighted by Gasteiger charge is -2.26. The van der Waals surface area contributed by atoms with Crippen molar-refractivity contribution in [1.82, 2.24) is 15.0 Å². The third-order valence-corrected chi connectivity index (χ3v) is 5.26. The van der Waals surface area contributed by atoms with E-state index in [-0.39, 0.29) is 35.3 Å². The van der Waals surface area contributed by atoms with Gasteiger partial charge in [-0.1, -0.05) is 18.2 Å². The molecule has 3 N–H and O–H groups in total. The Kier molecular flexibility index (Phi) is 7.50. The number of hydrogen-bond acceptors (Lipinski definition) is 11. The number of aromatic nitrogens is 3. The standard InChI is InChI=1S/C23H26N8O4/c1-2-35-19-14-18(31(33)34)13-16(20(19)32)15-24-29-22-26-21(25-17-9-5-3-6-10-17)27-23(28-22)30-11-7-4-8-12-30/h3,5-6,9-10,13-15,32H,2,4,7-8,11-12H2,1H3,(H2,25,26,27,28,29). The van der Waals surface area contributed by atoms with Gasteiger partial charge in [-0.2, -0.15) is 20.1 Å². The molecule has 12 nitrogen and oxygen atoms in total. The van der Waals surface area contributed by atoms with Crippen LogP contribution in [-0.4, -0.2) is 50.9 Å². The molecule has 4 rings (SSSR count). The SMILES string of the molecule is CCOc1cc([N+](=O)[O-])cc(C=NNc2nc(Nc3ccccc3)nc(N3CCCCC3)n2)c1O. The molecule has 2 aromatic carbocycles. The Balaban J connectivity index is 1.60. The van der Waals surface area contributed by atoms with E-state index in [1.807, 2.05) is 30.3 Å². The van der Waals surface area contributed by atoms with Crippen molar-refractivity contribution in [2.45, 2.75) is 26.2 Å². The first-order valence-corrected chi connectivity index (χ1v) is 11.3. The highest BCUT2D eigenvalue weighted by atomic mass is 16.6. The first-order chi connectivity index (χ1) is 17.0. The van der Waals surface area contributed by atoms with E-state index in [1.165, 1.54) is 24.8 Å². The summed E-state index contributed by atoms with van der Waals surface area (Å²) >= 11 is 0. The average Bonchev–Trinajstić information content (AvgIpc) is 2.87. The molecule has 0 saturated carbocycles. The van der Waals surface area contributed by atoms with Crippen molar-refractivity contribution < 1.29 is 14.8 Å². The second-order valence-corrected chi connectivity index (χ2v) is 7.76. The molecule has 0 spiro atoms. The van der Waals surface area contributed by atoms with Gasteiger partial charge in [-0.25, -0.2) is 5.43 Å². The molecule has 1 aromatic heterocycles. The Morgan fingerprint density at radius 2 is 1.89 bits per heavy atom. The minimum Gasteiger partial charge on any atom is -0.504 e. The van der Waals surface area contributed by atoms with Crippen LogP contribution in [0.3, 0.4) is 0 Å². The quantitative estimate of drug-likeness (QED) is 0.233. The van der Waals surface area contributed by atoms with Crippen molar-refractivity contribution in [2.75, 3.05) is 35.3 Å². The fourth-order valence-electron chi connectivity index (χ4n) is 3.60. The molecule has 0 radical (unpaired) electrons. The number of nitro groups is 1. The number of para-hydroxylation sites is 1. The van der Waals surface area contributed by atoms with Gasteiger partial charge in [0.2, 0.25) is 17.8 Å². The number of piperidine rings is 1. The predicted molar refractivity (Wildman–Crippen MR) is 133 cm³/mol. The van der Waals surface area contributed by atoms with E-state index < -0.39 is 4.92 Å². The van der Waals surface area contributed by atoms with Gasteiger partial charge < -0.3 is 20.1 Å². The Hall–Kier alpha value is -4.48. The zero-order valence-corrected chi connectivity index (χ0v) is 19.2. The summed E-state index contributed by atoms with van der Waals surface area (Å²) in [5, 5.41) is 28.9. The fourth-order valence-corrected chi connectivity index (χ4v) is 3.60. The number of rotatable bonds is 9. The highest BCUT2D eigenvalue weighted by Gasteiger charge is 2.18. The van der Waals surface area contributed by atoms with E-state index in [0.29, 0.717) is 11.9 Å². The molecule has 0 amide bonds. The molecule has 3 aromatic rings. The van der Waals surface area contributed by atoms with Crippen LogP contribution < -0.4 is 20.4 Å². The molecule has 12 heteroatoms.